The first kappa shape index (κ1) is 12.6. The normalized spacial score (nSPS) is 12.1. The van der Waals surface area contributed by atoms with Crippen molar-refractivity contribution in [2.75, 3.05) is 6.54 Å². The summed E-state index contributed by atoms with van der Waals surface area (Å²) >= 11 is 9.34. The molecule has 0 saturated heterocycles. The van der Waals surface area contributed by atoms with Crippen LogP contribution >= 0.6 is 27.5 Å². The van der Waals surface area contributed by atoms with Crippen LogP contribution in [0, 0.1) is 12.3 Å². The number of rotatable bonds is 4. The zero-order valence-corrected chi connectivity index (χ0v) is 10.9. The highest BCUT2D eigenvalue weighted by Gasteiger charge is 2.09. The molecule has 0 radical (unpaired) electrons. The standard InChI is InChI=1S/C12H13BrClN/c1-3-5-12(15-4-2)9-6-7-11(14)10(13)8-9/h1,6-8,12,15H,4-5H2,2H3. The first-order valence-electron chi connectivity index (χ1n) is 4.80. The second-order valence-electron chi connectivity index (χ2n) is 3.19. The molecule has 0 aliphatic heterocycles. The molecule has 1 rings (SSSR count). The molecule has 0 fully saturated rings. The van der Waals surface area contributed by atoms with Crippen LogP contribution in [0.3, 0.4) is 0 Å². The van der Waals surface area contributed by atoms with Gasteiger partial charge >= 0.3 is 0 Å². The van der Waals surface area contributed by atoms with Gasteiger partial charge in [0.2, 0.25) is 0 Å². The molecule has 0 aliphatic carbocycles. The maximum atomic E-state index is 5.93. The maximum absolute atomic E-state index is 5.93. The van der Waals surface area contributed by atoms with Gasteiger partial charge in [-0.05, 0) is 40.2 Å². The third-order valence-corrected chi connectivity index (χ3v) is 3.33. The number of terminal acetylenes is 1. The second-order valence-corrected chi connectivity index (χ2v) is 4.45. The van der Waals surface area contributed by atoms with Crippen LogP contribution in [0.25, 0.3) is 0 Å². The van der Waals surface area contributed by atoms with Gasteiger partial charge in [0.05, 0.1) is 5.02 Å². The van der Waals surface area contributed by atoms with E-state index >= 15 is 0 Å². The Hall–Kier alpha value is -0.490. The van der Waals surface area contributed by atoms with Crippen molar-refractivity contribution in [1.29, 1.82) is 0 Å². The minimum atomic E-state index is 0.202. The van der Waals surface area contributed by atoms with Crippen LogP contribution in [-0.4, -0.2) is 6.54 Å². The van der Waals surface area contributed by atoms with Gasteiger partial charge in [0, 0.05) is 16.9 Å². The number of benzene rings is 1. The average molecular weight is 287 g/mol. The van der Waals surface area contributed by atoms with E-state index in [0.29, 0.717) is 6.42 Å². The number of hydrogen-bond acceptors (Lipinski definition) is 1. The van der Waals surface area contributed by atoms with Gasteiger partial charge in [0.1, 0.15) is 0 Å². The average Bonchev–Trinajstić information content (AvgIpc) is 2.22. The van der Waals surface area contributed by atoms with Crippen molar-refractivity contribution in [1.82, 2.24) is 5.32 Å². The van der Waals surface area contributed by atoms with Gasteiger partial charge in [-0.25, -0.2) is 0 Å². The third kappa shape index (κ3) is 3.53. The molecule has 1 nitrogen and oxygen atoms in total. The van der Waals surface area contributed by atoms with E-state index < -0.39 is 0 Å². The van der Waals surface area contributed by atoms with E-state index in [1.165, 1.54) is 0 Å². The van der Waals surface area contributed by atoms with Crippen molar-refractivity contribution in [3.8, 4) is 12.3 Å². The van der Waals surface area contributed by atoms with E-state index in [1.807, 2.05) is 18.2 Å². The zero-order chi connectivity index (χ0) is 11.3. The highest BCUT2D eigenvalue weighted by Crippen LogP contribution is 2.27. The van der Waals surface area contributed by atoms with Crippen molar-refractivity contribution >= 4 is 27.5 Å². The third-order valence-electron chi connectivity index (χ3n) is 2.12. The van der Waals surface area contributed by atoms with Crippen LogP contribution in [0.5, 0.6) is 0 Å². The SMILES string of the molecule is C#CCC(NCC)c1ccc(Cl)c(Br)c1. The quantitative estimate of drug-likeness (QED) is 0.831. The summed E-state index contributed by atoms with van der Waals surface area (Å²) in [7, 11) is 0. The zero-order valence-electron chi connectivity index (χ0n) is 8.56. The highest BCUT2D eigenvalue weighted by atomic mass is 79.9. The lowest BCUT2D eigenvalue weighted by molar-refractivity contribution is 0.565. The molecule has 15 heavy (non-hydrogen) atoms. The maximum Gasteiger partial charge on any atom is 0.0548 e. The van der Waals surface area contributed by atoms with Crippen LogP contribution in [0.15, 0.2) is 22.7 Å². The Morgan fingerprint density at radius 1 is 1.60 bits per heavy atom. The van der Waals surface area contributed by atoms with Crippen LogP contribution < -0.4 is 5.32 Å². The molecule has 0 bridgehead atoms. The van der Waals surface area contributed by atoms with Crippen molar-refractivity contribution in [3.63, 3.8) is 0 Å². The fourth-order valence-corrected chi connectivity index (χ4v) is 1.92. The molecule has 1 unspecified atom stereocenters. The summed E-state index contributed by atoms with van der Waals surface area (Å²) in [5.74, 6) is 2.67. The predicted molar refractivity (Wildman–Crippen MR) is 69.0 cm³/mol. The molecule has 3 heteroatoms. The Morgan fingerprint density at radius 2 is 2.33 bits per heavy atom. The Morgan fingerprint density at radius 3 is 2.87 bits per heavy atom. The molecule has 0 heterocycles. The largest absolute Gasteiger partial charge is 0.309 e. The van der Waals surface area contributed by atoms with Crippen LogP contribution in [0.2, 0.25) is 5.02 Å². The van der Waals surface area contributed by atoms with Gasteiger partial charge < -0.3 is 5.32 Å². The first-order chi connectivity index (χ1) is 7.19. The van der Waals surface area contributed by atoms with Crippen LogP contribution in [-0.2, 0) is 0 Å². The fourth-order valence-electron chi connectivity index (χ4n) is 1.40. The molecule has 80 valence electrons. The summed E-state index contributed by atoms with van der Waals surface area (Å²) in [4.78, 5) is 0. The van der Waals surface area contributed by atoms with Gasteiger partial charge in [-0.3, -0.25) is 0 Å². The van der Waals surface area contributed by atoms with E-state index in [4.69, 9.17) is 18.0 Å². The van der Waals surface area contributed by atoms with Crippen LogP contribution in [0.1, 0.15) is 24.9 Å². The second kappa shape index (κ2) is 6.17. The highest BCUT2D eigenvalue weighted by molar-refractivity contribution is 9.10. The number of halogens is 2. The Bertz CT molecular complexity index is 370. The first-order valence-corrected chi connectivity index (χ1v) is 5.98. The molecule has 1 atom stereocenters. The van der Waals surface area contributed by atoms with Crippen molar-refractivity contribution in [2.24, 2.45) is 0 Å². The molecular weight excluding hydrogens is 273 g/mol. The summed E-state index contributed by atoms with van der Waals surface area (Å²) in [5.41, 5.74) is 1.16. The van der Waals surface area contributed by atoms with Crippen molar-refractivity contribution in [2.45, 2.75) is 19.4 Å². The lowest BCUT2D eigenvalue weighted by Crippen LogP contribution is -2.20. The van der Waals surface area contributed by atoms with Gasteiger partial charge in [0.15, 0.2) is 0 Å². The van der Waals surface area contributed by atoms with Crippen LogP contribution in [0.4, 0.5) is 0 Å². The molecular formula is C12H13BrClN. The Labute approximate surface area is 104 Å². The molecule has 0 aromatic heterocycles. The monoisotopic (exact) mass is 285 g/mol. The summed E-state index contributed by atoms with van der Waals surface area (Å²) < 4.78 is 0.904. The minimum Gasteiger partial charge on any atom is -0.309 e. The summed E-state index contributed by atoms with van der Waals surface area (Å²) in [5, 5.41) is 4.06. The summed E-state index contributed by atoms with van der Waals surface area (Å²) in [6.45, 7) is 2.96. The van der Waals surface area contributed by atoms with Gasteiger partial charge in [-0.1, -0.05) is 24.6 Å². The molecule has 0 spiro atoms. The van der Waals surface area contributed by atoms with E-state index in [1.54, 1.807) is 0 Å². The predicted octanol–water partition coefficient (Wildman–Crippen LogP) is 3.78. The molecule has 0 amide bonds. The lowest BCUT2D eigenvalue weighted by Gasteiger charge is -2.16. The van der Waals surface area contributed by atoms with Crippen molar-refractivity contribution in [3.05, 3.63) is 33.3 Å². The molecule has 1 aromatic rings. The molecule has 1 aromatic carbocycles. The molecule has 0 saturated carbocycles. The van der Waals surface area contributed by atoms with E-state index in [0.717, 1.165) is 21.6 Å². The topological polar surface area (TPSA) is 12.0 Å². The fraction of sp³-hybridized carbons (Fsp3) is 0.333. The summed E-state index contributed by atoms with van der Waals surface area (Å²) in [6, 6.07) is 6.08. The Balaban J connectivity index is 2.91. The number of nitrogens with one attached hydrogen (secondary N) is 1. The van der Waals surface area contributed by atoms with Crippen molar-refractivity contribution < 1.29 is 0 Å². The molecule has 1 N–H and O–H groups in total. The Kier molecular flexibility index (Phi) is 5.17. The minimum absolute atomic E-state index is 0.202. The van der Waals surface area contributed by atoms with E-state index in [9.17, 15) is 0 Å². The van der Waals surface area contributed by atoms with E-state index in [2.05, 4.69) is 34.1 Å². The van der Waals surface area contributed by atoms with Gasteiger partial charge in [0.25, 0.3) is 0 Å². The van der Waals surface area contributed by atoms with Gasteiger partial charge in [-0.2, -0.15) is 0 Å². The van der Waals surface area contributed by atoms with Gasteiger partial charge in [-0.15, -0.1) is 12.3 Å². The van der Waals surface area contributed by atoms with E-state index in [-0.39, 0.29) is 6.04 Å². The molecule has 0 aliphatic rings. The lowest BCUT2D eigenvalue weighted by atomic mass is 10.0. The summed E-state index contributed by atoms with van der Waals surface area (Å²) in [6.07, 6.45) is 6.02. The number of hydrogen-bond donors (Lipinski definition) is 1. The smallest absolute Gasteiger partial charge is 0.0548 e.